The molecule has 0 spiro atoms. The Bertz CT molecular complexity index is 508. The molecule has 0 unspecified atom stereocenters. The summed E-state index contributed by atoms with van der Waals surface area (Å²) in [4.78, 5) is 0. The van der Waals surface area contributed by atoms with Crippen molar-refractivity contribution in [3.05, 3.63) is 42.5 Å². The predicted octanol–water partition coefficient (Wildman–Crippen LogP) is 2.60. The van der Waals surface area contributed by atoms with Crippen molar-refractivity contribution in [1.82, 2.24) is 0 Å². The zero-order valence-electron chi connectivity index (χ0n) is 8.29. The molecule has 0 aromatic heterocycles. The summed E-state index contributed by atoms with van der Waals surface area (Å²) in [6.07, 6.45) is 0. The summed E-state index contributed by atoms with van der Waals surface area (Å²) in [5.41, 5.74) is 0. The molecule has 0 radical (unpaired) electrons. The summed E-state index contributed by atoms with van der Waals surface area (Å²) in [7, 11) is 0. The van der Waals surface area contributed by atoms with Gasteiger partial charge in [-0.3, -0.25) is 0 Å². The van der Waals surface area contributed by atoms with E-state index in [1.165, 1.54) is 30.3 Å². The summed E-state index contributed by atoms with van der Waals surface area (Å²) < 4.78 is 5.36. The van der Waals surface area contributed by atoms with Crippen molar-refractivity contribution in [2.24, 2.45) is 0 Å². The van der Waals surface area contributed by atoms with Crippen LogP contribution in [0.4, 0.5) is 0 Å². The Kier molecular flexibility index (Phi) is 2.55. The zero-order chi connectivity index (χ0) is 11.5. The summed E-state index contributed by atoms with van der Waals surface area (Å²) >= 11 is 0. The lowest BCUT2D eigenvalue weighted by Gasteiger charge is -2.06. The summed E-state index contributed by atoms with van der Waals surface area (Å²) in [5.74, 6) is 0.465. The van der Waals surface area contributed by atoms with Crippen LogP contribution in [0.15, 0.2) is 42.5 Å². The Morgan fingerprint density at radius 2 is 1.50 bits per heavy atom. The van der Waals surface area contributed by atoms with E-state index < -0.39 is 0 Å². The molecule has 0 saturated heterocycles. The van der Waals surface area contributed by atoms with Crippen LogP contribution < -0.4 is 4.74 Å². The second kappa shape index (κ2) is 4.02. The highest BCUT2D eigenvalue weighted by atomic mass is 16.5. The molecular weight excluding hydrogens is 208 g/mol. The van der Waals surface area contributed by atoms with Crippen LogP contribution in [0.1, 0.15) is 0 Å². The van der Waals surface area contributed by atoms with Gasteiger partial charge in [0.15, 0.2) is 11.5 Å². The molecule has 0 aliphatic heterocycles. The molecule has 0 bridgehead atoms. The van der Waals surface area contributed by atoms with Gasteiger partial charge in [0.25, 0.3) is 0 Å². The van der Waals surface area contributed by atoms with Crippen LogP contribution in [0.2, 0.25) is 0 Å². The quantitative estimate of drug-likeness (QED) is 0.677. The number of hydrogen-bond acceptors (Lipinski definition) is 4. The fraction of sp³-hybridized carbons (Fsp3) is 0. The molecule has 3 N–H and O–H groups in total. The highest BCUT2D eigenvalue weighted by Gasteiger charge is 2.03. The number of phenolic OH excluding ortho intramolecular Hbond substituents is 3. The molecular formula is C12H10O4. The van der Waals surface area contributed by atoms with Crippen molar-refractivity contribution in [2.45, 2.75) is 0 Å². The van der Waals surface area contributed by atoms with Crippen LogP contribution >= 0.6 is 0 Å². The average Bonchev–Trinajstić information content (AvgIpc) is 2.24. The van der Waals surface area contributed by atoms with Crippen LogP contribution in [-0.2, 0) is 0 Å². The van der Waals surface area contributed by atoms with Crippen molar-refractivity contribution in [3.8, 4) is 28.7 Å². The van der Waals surface area contributed by atoms with E-state index in [-0.39, 0.29) is 17.2 Å². The Labute approximate surface area is 92.0 Å². The third kappa shape index (κ3) is 2.17. The van der Waals surface area contributed by atoms with Crippen molar-refractivity contribution < 1.29 is 20.1 Å². The van der Waals surface area contributed by atoms with Crippen LogP contribution in [0.5, 0.6) is 28.7 Å². The normalized spacial score (nSPS) is 10.0. The SMILES string of the molecule is Oc1cccc(Oc2ccc(O)c(O)c2)c1. The molecule has 0 saturated carbocycles. The van der Waals surface area contributed by atoms with E-state index in [2.05, 4.69) is 0 Å². The second-order valence-electron chi connectivity index (χ2n) is 3.25. The maximum absolute atomic E-state index is 9.25. The Balaban J connectivity index is 2.24. The van der Waals surface area contributed by atoms with Crippen molar-refractivity contribution in [2.75, 3.05) is 0 Å². The molecule has 0 fully saturated rings. The molecule has 0 atom stereocenters. The van der Waals surface area contributed by atoms with Gasteiger partial charge in [0.05, 0.1) is 0 Å². The van der Waals surface area contributed by atoms with Crippen LogP contribution in [0, 0.1) is 0 Å². The highest BCUT2D eigenvalue weighted by Crippen LogP contribution is 2.31. The zero-order valence-corrected chi connectivity index (χ0v) is 8.29. The standard InChI is InChI=1S/C12H10O4/c13-8-2-1-3-9(6-8)16-10-4-5-11(14)12(15)7-10/h1-7,13-15H. The van der Waals surface area contributed by atoms with Crippen LogP contribution in [0.25, 0.3) is 0 Å². The topological polar surface area (TPSA) is 69.9 Å². The highest BCUT2D eigenvalue weighted by molar-refractivity contribution is 5.45. The van der Waals surface area contributed by atoms with Crippen molar-refractivity contribution in [1.29, 1.82) is 0 Å². The minimum Gasteiger partial charge on any atom is -0.508 e. The number of ether oxygens (including phenoxy) is 1. The second-order valence-corrected chi connectivity index (χ2v) is 3.25. The Morgan fingerprint density at radius 3 is 2.19 bits per heavy atom. The fourth-order valence-electron chi connectivity index (χ4n) is 1.25. The fourth-order valence-corrected chi connectivity index (χ4v) is 1.25. The Morgan fingerprint density at radius 1 is 0.750 bits per heavy atom. The van der Waals surface area contributed by atoms with Crippen molar-refractivity contribution >= 4 is 0 Å². The van der Waals surface area contributed by atoms with Gasteiger partial charge < -0.3 is 20.1 Å². The van der Waals surface area contributed by atoms with Gasteiger partial charge in [-0.25, -0.2) is 0 Å². The summed E-state index contributed by atoms with van der Waals surface area (Å²) in [6, 6.07) is 10.4. The molecule has 2 rings (SSSR count). The maximum atomic E-state index is 9.25. The minimum atomic E-state index is -0.252. The Hall–Kier alpha value is -2.36. The van der Waals surface area contributed by atoms with Gasteiger partial charge >= 0.3 is 0 Å². The van der Waals surface area contributed by atoms with E-state index in [1.54, 1.807) is 12.1 Å². The van der Waals surface area contributed by atoms with Crippen molar-refractivity contribution in [3.63, 3.8) is 0 Å². The van der Waals surface area contributed by atoms with E-state index in [9.17, 15) is 10.2 Å². The molecule has 2 aromatic carbocycles. The molecule has 0 heterocycles. The summed E-state index contributed by atoms with van der Waals surface area (Å²) in [6.45, 7) is 0. The molecule has 4 heteroatoms. The van der Waals surface area contributed by atoms with Gasteiger partial charge in [-0.1, -0.05) is 6.07 Å². The maximum Gasteiger partial charge on any atom is 0.161 e. The lowest BCUT2D eigenvalue weighted by molar-refractivity contribution is 0.397. The molecule has 4 nitrogen and oxygen atoms in total. The van der Waals surface area contributed by atoms with E-state index in [4.69, 9.17) is 9.84 Å². The van der Waals surface area contributed by atoms with Crippen LogP contribution in [-0.4, -0.2) is 15.3 Å². The van der Waals surface area contributed by atoms with E-state index in [1.807, 2.05) is 0 Å². The van der Waals surface area contributed by atoms with Gasteiger partial charge in [0, 0.05) is 12.1 Å². The largest absolute Gasteiger partial charge is 0.508 e. The van der Waals surface area contributed by atoms with Gasteiger partial charge in [0.2, 0.25) is 0 Å². The first-order valence-corrected chi connectivity index (χ1v) is 4.64. The first-order chi connectivity index (χ1) is 7.65. The van der Waals surface area contributed by atoms with E-state index >= 15 is 0 Å². The van der Waals surface area contributed by atoms with E-state index in [0.717, 1.165) is 0 Å². The number of aromatic hydroxyl groups is 3. The van der Waals surface area contributed by atoms with Crippen LogP contribution in [0.3, 0.4) is 0 Å². The van der Waals surface area contributed by atoms with Gasteiger partial charge in [-0.2, -0.15) is 0 Å². The molecule has 82 valence electrons. The molecule has 2 aromatic rings. The van der Waals surface area contributed by atoms with Gasteiger partial charge in [-0.15, -0.1) is 0 Å². The predicted molar refractivity (Wildman–Crippen MR) is 58.0 cm³/mol. The molecule has 0 aliphatic rings. The molecule has 0 aliphatic carbocycles. The number of benzene rings is 2. The lowest BCUT2D eigenvalue weighted by atomic mass is 10.3. The molecule has 16 heavy (non-hydrogen) atoms. The van der Waals surface area contributed by atoms with Gasteiger partial charge in [0.1, 0.15) is 17.2 Å². The minimum absolute atomic E-state index is 0.0977. The molecule has 0 amide bonds. The van der Waals surface area contributed by atoms with Gasteiger partial charge in [-0.05, 0) is 24.3 Å². The number of hydrogen-bond donors (Lipinski definition) is 3. The average molecular weight is 218 g/mol. The monoisotopic (exact) mass is 218 g/mol. The third-order valence-electron chi connectivity index (χ3n) is 2.00. The smallest absolute Gasteiger partial charge is 0.161 e. The third-order valence-corrected chi connectivity index (χ3v) is 2.00. The number of phenols is 3. The summed E-state index contributed by atoms with van der Waals surface area (Å²) in [5, 5.41) is 27.6. The first-order valence-electron chi connectivity index (χ1n) is 4.64. The first kappa shape index (κ1) is 10.2. The lowest BCUT2D eigenvalue weighted by Crippen LogP contribution is -1.83. The number of rotatable bonds is 2. The van der Waals surface area contributed by atoms with E-state index in [0.29, 0.717) is 11.5 Å².